The molecule has 8 nitrogen and oxygen atoms in total. The summed E-state index contributed by atoms with van der Waals surface area (Å²) in [5, 5.41) is 8.57. The highest BCUT2D eigenvalue weighted by atomic mass is 127. The summed E-state index contributed by atoms with van der Waals surface area (Å²) in [7, 11) is 1.80. The van der Waals surface area contributed by atoms with Crippen molar-refractivity contribution >= 4 is 41.9 Å². The number of guanidine groups is 1. The molecule has 29 heavy (non-hydrogen) atoms. The monoisotopic (exact) mass is 521 g/mol. The summed E-state index contributed by atoms with van der Waals surface area (Å²) in [5.74, 6) is 0.800. The van der Waals surface area contributed by atoms with Crippen LogP contribution in [-0.2, 0) is 9.53 Å². The number of ether oxygens (including phenoxy) is 1. The van der Waals surface area contributed by atoms with Gasteiger partial charge in [0.1, 0.15) is 5.54 Å². The van der Waals surface area contributed by atoms with Crippen LogP contribution in [0.25, 0.3) is 0 Å². The van der Waals surface area contributed by atoms with Crippen LogP contribution in [0.3, 0.4) is 0 Å². The van der Waals surface area contributed by atoms with Gasteiger partial charge in [0.2, 0.25) is 0 Å². The van der Waals surface area contributed by atoms with E-state index in [-0.39, 0.29) is 41.8 Å². The predicted molar refractivity (Wildman–Crippen MR) is 124 cm³/mol. The lowest BCUT2D eigenvalue weighted by Crippen LogP contribution is -2.55. The minimum absolute atomic E-state index is 0. The Morgan fingerprint density at radius 1 is 1.17 bits per heavy atom. The van der Waals surface area contributed by atoms with Crippen molar-refractivity contribution in [3.63, 3.8) is 0 Å². The fourth-order valence-electron chi connectivity index (χ4n) is 4.64. The van der Waals surface area contributed by atoms with Crippen LogP contribution in [-0.4, -0.2) is 67.7 Å². The van der Waals surface area contributed by atoms with Crippen molar-refractivity contribution in [1.29, 1.82) is 0 Å². The zero-order valence-corrected chi connectivity index (χ0v) is 20.0. The summed E-state index contributed by atoms with van der Waals surface area (Å²) < 4.78 is 6.04. The number of imide groups is 1. The van der Waals surface area contributed by atoms with Crippen molar-refractivity contribution in [2.75, 3.05) is 33.3 Å². The summed E-state index contributed by atoms with van der Waals surface area (Å²) >= 11 is 0. The third-order valence-corrected chi connectivity index (χ3v) is 6.44. The predicted octanol–water partition coefficient (Wildman–Crippen LogP) is 2.23. The lowest BCUT2D eigenvalue weighted by atomic mass is 9.79. The van der Waals surface area contributed by atoms with E-state index < -0.39 is 5.54 Å². The SMILES string of the molecule is CN=C(NCCOC1CCCCCC1)N1CCC(C2(C)NC(=O)NC2=O)CC1.I. The molecule has 0 spiro atoms. The highest BCUT2D eigenvalue weighted by molar-refractivity contribution is 14.0. The minimum Gasteiger partial charge on any atom is -0.376 e. The number of aliphatic imine (C=N–C) groups is 1. The number of nitrogens with zero attached hydrogens (tertiary/aromatic N) is 2. The number of carbonyl (C=O) groups is 2. The Labute approximate surface area is 191 Å². The molecule has 0 bridgehead atoms. The Hall–Kier alpha value is -1.10. The van der Waals surface area contributed by atoms with Crippen molar-refractivity contribution in [1.82, 2.24) is 20.9 Å². The second-order valence-corrected chi connectivity index (χ2v) is 8.33. The molecule has 3 fully saturated rings. The molecular weight excluding hydrogens is 485 g/mol. The first kappa shape index (κ1) is 24.2. The maximum atomic E-state index is 12.1. The number of rotatable bonds is 5. The van der Waals surface area contributed by atoms with Gasteiger partial charge in [0.15, 0.2) is 5.96 Å². The third kappa shape index (κ3) is 6.19. The number of hydrogen-bond acceptors (Lipinski definition) is 4. The van der Waals surface area contributed by atoms with Crippen LogP contribution >= 0.6 is 24.0 Å². The first-order valence-electron chi connectivity index (χ1n) is 10.7. The van der Waals surface area contributed by atoms with Crippen molar-refractivity contribution in [2.45, 2.75) is 69.9 Å². The van der Waals surface area contributed by atoms with Crippen molar-refractivity contribution in [3.8, 4) is 0 Å². The molecule has 2 saturated heterocycles. The minimum atomic E-state index is -0.799. The molecule has 3 N–H and O–H groups in total. The van der Waals surface area contributed by atoms with Gasteiger partial charge in [-0.25, -0.2) is 4.79 Å². The van der Waals surface area contributed by atoms with Gasteiger partial charge in [-0.05, 0) is 38.5 Å². The molecule has 3 aliphatic rings. The largest absolute Gasteiger partial charge is 0.376 e. The van der Waals surface area contributed by atoms with Crippen LogP contribution in [0.5, 0.6) is 0 Å². The molecule has 9 heteroatoms. The molecule has 3 amide bonds. The van der Waals surface area contributed by atoms with Gasteiger partial charge in [-0.1, -0.05) is 25.7 Å². The van der Waals surface area contributed by atoms with E-state index >= 15 is 0 Å². The quantitative estimate of drug-likeness (QED) is 0.129. The van der Waals surface area contributed by atoms with Crippen LogP contribution in [0.4, 0.5) is 4.79 Å². The first-order valence-corrected chi connectivity index (χ1v) is 10.7. The molecule has 1 unspecified atom stereocenters. The average Bonchev–Trinajstić information content (AvgIpc) is 2.86. The summed E-state index contributed by atoms with van der Waals surface area (Å²) in [6, 6.07) is -0.388. The Kier molecular flexibility index (Phi) is 9.45. The normalized spacial score (nSPS) is 27.1. The number of carbonyl (C=O) groups excluding carboxylic acids is 2. The molecule has 1 atom stereocenters. The molecule has 166 valence electrons. The summed E-state index contributed by atoms with van der Waals surface area (Å²) in [6.45, 7) is 4.90. The second kappa shape index (κ2) is 11.3. The van der Waals surface area contributed by atoms with Crippen molar-refractivity contribution < 1.29 is 14.3 Å². The van der Waals surface area contributed by atoms with Crippen LogP contribution in [0, 0.1) is 5.92 Å². The van der Waals surface area contributed by atoms with Crippen LogP contribution in [0.1, 0.15) is 58.3 Å². The van der Waals surface area contributed by atoms with Gasteiger partial charge in [0, 0.05) is 26.7 Å². The molecule has 3 rings (SSSR count). The van der Waals surface area contributed by atoms with E-state index in [1.54, 1.807) is 7.05 Å². The molecular formula is C20H36IN5O3. The molecule has 1 aliphatic carbocycles. The third-order valence-electron chi connectivity index (χ3n) is 6.44. The fraction of sp³-hybridized carbons (Fsp3) is 0.850. The highest BCUT2D eigenvalue weighted by Crippen LogP contribution is 2.30. The van der Waals surface area contributed by atoms with E-state index in [9.17, 15) is 9.59 Å². The number of nitrogens with one attached hydrogen (secondary N) is 3. The van der Waals surface area contributed by atoms with E-state index in [1.165, 1.54) is 38.5 Å². The van der Waals surface area contributed by atoms with Crippen LogP contribution in [0.15, 0.2) is 4.99 Å². The van der Waals surface area contributed by atoms with E-state index in [4.69, 9.17) is 4.74 Å². The van der Waals surface area contributed by atoms with Crippen molar-refractivity contribution in [3.05, 3.63) is 0 Å². The van der Waals surface area contributed by atoms with Crippen LogP contribution < -0.4 is 16.0 Å². The Morgan fingerprint density at radius 2 is 1.83 bits per heavy atom. The number of halogens is 1. The Balaban J connectivity index is 0.00000300. The molecule has 1 saturated carbocycles. The van der Waals surface area contributed by atoms with Gasteiger partial charge in [-0.3, -0.25) is 15.1 Å². The average molecular weight is 521 g/mol. The second-order valence-electron chi connectivity index (χ2n) is 8.33. The summed E-state index contributed by atoms with van der Waals surface area (Å²) in [4.78, 5) is 30.3. The summed E-state index contributed by atoms with van der Waals surface area (Å²) in [5.41, 5.74) is -0.799. The smallest absolute Gasteiger partial charge is 0.322 e. The van der Waals surface area contributed by atoms with Gasteiger partial charge < -0.3 is 20.3 Å². The zero-order chi connectivity index (χ0) is 20.0. The summed E-state index contributed by atoms with van der Waals surface area (Å²) in [6.07, 6.45) is 9.70. The van der Waals surface area contributed by atoms with Gasteiger partial charge in [-0.15, -0.1) is 24.0 Å². The Bertz CT molecular complexity index is 587. The fourth-order valence-corrected chi connectivity index (χ4v) is 4.64. The van der Waals surface area contributed by atoms with Gasteiger partial charge in [-0.2, -0.15) is 0 Å². The molecule has 0 radical (unpaired) electrons. The number of hydrogen-bond donors (Lipinski definition) is 3. The topological polar surface area (TPSA) is 95.1 Å². The molecule has 2 heterocycles. The molecule has 2 aliphatic heterocycles. The maximum Gasteiger partial charge on any atom is 0.322 e. The van der Waals surface area contributed by atoms with Crippen LogP contribution in [0.2, 0.25) is 0 Å². The maximum absolute atomic E-state index is 12.1. The van der Waals surface area contributed by atoms with Crippen molar-refractivity contribution in [2.24, 2.45) is 10.9 Å². The van der Waals surface area contributed by atoms with E-state index in [0.717, 1.165) is 38.4 Å². The number of urea groups is 1. The van der Waals surface area contributed by atoms with E-state index in [2.05, 4.69) is 25.8 Å². The molecule has 0 aromatic rings. The lowest BCUT2D eigenvalue weighted by Gasteiger charge is -2.39. The Morgan fingerprint density at radius 3 is 2.38 bits per heavy atom. The van der Waals surface area contributed by atoms with Gasteiger partial charge in [0.25, 0.3) is 5.91 Å². The number of piperidine rings is 1. The van der Waals surface area contributed by atoms with E-state index in [1.807, 2.05) is 6.92 Å². The molecule has 0 aromatic carbocycles. The van der Waals surface area contributed by atoms with Gasteiger partial charge in [0.05, 0.1) is 12.7 Å². The molecule has 0 aromatic heterocycles. The van der Waals surface area contributed by atoms with Gasteiger partial charge >= 0.3 is 6.03 Å². The van der Waals surface area contributed by atoms with E-state index in [0.29, 0.717) is 12.7 Å². The highest BCUT2D eigenvalue weighted by Gasteiger charge is 2.48. The standard InChI is InChI=1S/C20H35N5O3.HI/c1-20(17(26)23-19(27)24-20)15-9-12-25(13-10-15)18(21-2)22-11-14-28-16-7-5-3-4-6-8-16;/h15-16H,3-14H2,1-2H3,(H,21,22)(H2,23,24,26,27);1H. The first-order chi connectivity index (χ1) is 13.5. The number of amides is 3. The zero-order valence-electron chi connectivity index (χ0n) is 17.7. The number of likely N-dealkylation sites (tertiary alicyclic amines) is 1. The lowest BCUT2D eigenvalue weighted by molar-refractivity contribution is -0.125.